The summed E-state index contributed by atoms with van der Waals surface area (Å²) in [4.78, 5) is 32.6. The Hall–Kier alpha value is -3.24. The lowest BCUT2D eigenvalue weighted by Crippen LogP contribution is -2.50. The maximum atomic E-state index is 12.9. The van der Waals surface area contributed by atoms with Gasteiger partial charge >= 0.3 is 0 Å². The Kier molecular flexibility index (Phi) is 7.05. The van der Waals surface area contributed by atoms with Crippen LogP contribution in [0.1, 0.15) is 18.4 Å². The van der Waals surface area contributed by atoms with Gasteiger partial charge in [-0.2, -0.15) is 4.98 Å². The monoisotopic (exact) mass is 467 g/mol. The van der Waals surface area contributed by atoms with Gasteiger partial charge in [-0.25, -0.2) is 0 Å². The maximum Gasteiger partial charge on any atom is 0.269 e. The van der Waals surface area contributed by atoms with E-state index in [2.05, 4.69) is 15.0 Å². The van der Waals surface area contributed by atoms with Crippen molar-refractivity contribution in [1.29, 1.82) is 0 Å². The normalized spacial score (nSPS) is 15.4. The van der Waals surface area contributed by atoms with Gasteiger partial charge < -0.3 is 9.42 Å². The van der Waals surface area contributed by atoms with Crippen molar-refractivity contribution in [3.63, 3.8) is 0 Å². The Labute approximate surface area is 195 Å². The Morgan fingerprint density at radius 2 is 1.79 bits per heavy atom. The third kappa shape index (κ3) is 5.77. The molecule has 172 valence electrons. The first-order chi connectivity index (χ1) is 15.9. The SMILES string of the molecule is Cc1ccc(-c2noc(CN3CCN(C(=O)C(C)Sc4ccc([N+](=O)[O-])cc4)CC3)n2)cc1. The highest BCUT2D eigenvalue weighted by Gasteiger charge is 2.26. The molecule has 1 atom stereocenters. The first kappa shape index (κ1) is 22.9. The molecule has 1 fully saturated rings. The lowest BCUT2D eigenvalue weighted by molar-refractivity contribution is -0.384. The van der Waals surface area contributed by atoms with Crippen LogP contribution < -0.4 is 0 Å². The molecule has 1 aromatic heterocycles. The summed E-state index contributed by atoms with van der Waals surface area (Å²) in [6, 6.07) is 14.3. The van der Waals surface area contributed by atoms with Crippen LogP contribution >= 0.6 is 11.8 Å². The molecule has 0 saturated carbocycles. The van der Waals surface area contributed by atoms with Crippen LogP contribution in [0.4, 0.5) is 5.69 Å². The third-order valence-electron chi connectivity index (χ3n) is 5.53. The number of amides is 1. The molecule has 0 radical (unpaired) electrons. The zero-order chi connectivity index (χ0) is 23.4. The van der Waals surface area contributed by atoms with Gasteiger partial charge in [0.25, 0.3) is 5.69 Å². The van der Waals surface area contributed by atoms with Gasteiger partial charge in [0.1, 0.15) is 0 Å². The molecule has 4 rings (SSSR count). The van der Waals surface area contributed by atoms with Crippen LogP contribution in [0.3, 0.4) is 0 Å². The summed E-state index contributed by atoms with van der Waals surface area (Å²) in [5, 5.41) is 14.6. The van der Waals surface area contributed by atoms with Gasteiger partial charge in [0.15, 0.2) is 0 Å². The average Bonchev–Trinajstić information content (AvgIpc) is 3.28. The van der Waals surface area contributed by atoms with E-state index in [0.29, 0.717) is 31.3 Å². The third-order valence-corrected chi connectivity index (χ3v) is 6.63. The number of nitro groups is 1. The van der Waals surface area contributed by atoms with Gasteiger partial charge in [-0.3, -0.25) is 19.8 Å². The van der Waals surface area contributed by atoms with Crippen molar-refractivity contribution in [3.8, 4) is 11.4 Å². The minimum absolute atomic E-state index is 0.0432. The first-order valence-corrected chi connectivity index (χ1v) is 11.6. The molecule has 1 aliphatic rings. The summed E-state index contributed by atoms with van der Waals surface area (Å²) in [6.45, 7) is 7.16. The Morgan fingerprint density at radius 3 is 2.42 bits per heavy atom. The number of rotatable bonds is 7. The zero-order valence-electron chi connectivity index (χ0n) is 18.5. The standard InChI is InChI=1S/C23H25N5O4S/c1-16-3-5-18(6-4-16)22-24-21(32-25-22)15-26-11-13-27(14-12-26)23(29)17(2)33-20-9-7-19(8-10-20)28(30)31/h3-10,17H,11-15H2,1-2H3. The second-order valence-corrected chi connectivity index (χ2v) is 9.40. The Balaban J connectivity index is 1.26. The Bertz CT molecular complexity index is 1110. The molecule has 3 aromatic rings. The van der Waals surface area contributed by atoms with E-state index in [9.17, 15) is 14.9 Å². The second kappa shape index (κ2) is 10.1. The number of aromatic nitrogens is 2. The fourth-order valence-corrected chi connectivity index (χ4v) is 4.57. The number of nitrogens with zero attached hydrogens (tertiary/aromatic N) is 5. The minimum atomic E-state index is -0.430. The topological polar surface area (TPSA) is 106 Å². The number of carbonyl (C=O) groups excluding carboxylic acids is 1. The summed E-state index contributed by atoms with van der Waals surface area (Å²) < 4.78 is 5.43. The molecule has 0 aliphatic carbocycles. The largest absolute Gasteiger partial charge is 0.339 e. The van der Waals surface area contributed by atoms with Gasteiger partial charge in [0.05, 0.1) is 16.7 Å². The maximum absolute atomic E-state index is 12.9. The number of hydrogen-bond donors (Lipinski definition) is 0. The molecular formula is C23H25N5O4S. The van der Waals surface area contributed by atoms with E-state index in [-0.39, 0.29) is 16.8 Å². The van der Waals surface area contributed by atoms with Gasteiger partial charge in [-0.15, -0.1) is 11.8 Å². The quantitative estimate of drug-likeness (QED) is 0.294. The second-order valence-electron chi connectivity index (χ2n) is 7.99. The van der Waals surface area contributed by atoms with E-state index in [0.717, 1.165) is 23.5 Å². The number of carbonyl (C=O) groups is 1. The van der Waals surface area contributed by atoms with E-state index in [1.807, 2.05) is 43.0 Å². The van der Waals surface area contributed by atoms with Crippen molar-refractivity contribution in [2.45, 2.75) is 30.5 Å². The van der Waals surface area contributed by atoms with Crippen LogP contribution in [0.15, 0.2) is 57.9 Å². The van der Waals surface area contributed by atoms with Crippen molar-refractivity contribution in [2.24, 2.45) is 0 Å². The summed E-state index contributed by atoms with van der Waals surface area (Å²) in [5.74, 6) is 1.21. The molecule has 1 aliphatic heterocycles. The molecule has 2 aromatic carbocycles. The number of benzene rings is 2. The molecule has 1 amide bonds. The smallest absolute Gasteiger partial charge is 0.269 e. The highest BCUT2D eigenvalue weighted by molar-refractivity contribution is 8.00. The van der Waals surface area contributed by atoms with Gasteiger partial charge in [0.2, 0.25) is 17.6 Å². The van der Waals surface area contributed by atoms with Crippen LogP contribution in [0.25, 0.3) is 11.4 Å². The van der Waals surface area contributed by atoms with Gasteiger partial charge in [-0.1, -0.05) is 35.0 Å². The van der Waals surface area contributed by atoms with Crippen LogP contribution in [0.5, 0.6) is 0 Å². The summed E-state index contributed by atoms with van der Waals surface area (Å²) in [7, 11) is 0. The number of nitro benzene ring substituents is 1. The number of hydrogen-bond acceptors (Lipinski definition) is 8. The van der Waals surface area contributed by atoms with Crippen LogP contribution in [0.2, 0.25) is 0 Å². The molecule has 2 heterocycles. The fourth-order valence-electron chi connectivity index (χ4n) is 3.61. The predicted molar refractivity (Wildman–Crippen MR) is 125 cm³/mol. The number of aryl methyl sites for hydroxylation is 1. The number of piperazine rings is 1. The average molecular weight is 468 g/mol. The molecule has 1 saturated heterocycles. The molecule has 1 unspecified atom stereocenters. The molecule has 33 heavy (non-hydrogen) atoms. The van der Waals surface area contributed by atoms with E-state index >= 15 is 0 Å². The van der Waals surface area contributed by atoms with E-state index in [1.165, 1.54) is 29.5 Å². The zero-order valence-corrected chi connectivity index (χ0v) is 19.3. The van der Waals surface area contributed by atoms with E-state index in [1.54, 1.807) is 12.1 Å². The van der Waals surface area contributed by atoms with Crippen molar-refractivity contribution in [2.75, 3.05) is 26.2 Å². The van der Waals surface area contributed by atoms with Crippen molar-refractivity contribution in [3.05, 3.63) is 70.1 Å². The molecule has 10 heteroatoms. The molecule has 9 nitrogen and oxygen atoms in total. The van der Waals surface area contributed by atoms with Crippen LogP contribution in [-0.2, 0) is 11.3 Å². The molecular weight excluding hydrogens is 442 g/mol. The van der Waals surface area contributed by atoms with E-state index in [4.69, 9.17) is 4.52 Å². The van der Waals surface area contributed by atoms with Gasteiger partial charge in [0, 0.05) is 48.8 Å². The molecule has 0 bridgehead atoms. The molecule has 0 spiro atoms. The van der Waals surface area contributed by atoms with Crippen molar-refractivity contribution >= 4 is 23.4 Å². The predicted octanol–water partition coefficient (Wildman–Crippen LogP) is 3.78. The van der Waals surface area contributed by atoms with Gasteiger partial charge in [-0.05, 0) is 26.0 Å². The minimum Gasteiger partial charge on any atom is -0.339 e. The van der Waals surface area contributed by atoms with Crippen LogP contribution in [-0.4, -0.2) is 62.2 Å². The highest BCUT2D eigenvalue weighted by atomic mass is 32.2. The number of non-ortho nitro benzene ring substituents is 1. The fraction of sp³-hybridized carbons (Fsp3) is 0.348. The lowest BCUT2D eigenvalue weighted by atomic mass is 10.1. The highest BCUT2D eigenvalue weighted by Crippen LogP contribution is 2.27. The van der Waals surface area contributed by atoms with Crippen molar-refractivity contribution < 1.29 is 14.2 Å². The lowest BCUT2D eigenvalue weighted by Gasteiger charge is -2.35. The van der Waals surface area contributed by atoms with Crippen LogP contribution in [0, 0.1) is 17.0 Å². The van der Waals surface area contributed by atoms with E-state index < -0.39 is 4.92 Å². The summed E-state index contributed by atoms with van der Waals surface area (Å²) >= 11 is 1.41. The summed E-state index contributed by atoms with van der Waals surface area (Å²) in [6.07, 6.45) is 0. The Morgan fingerprint density at radius 1 is 1.12 bits per heavy atom. The summed E-state index contributed by atoms with van der Waals surface area (Å²) in [5.41, 5.74) is 2.14. The van der Waals surface area contributed by atoms with Crippen molar-refractivity contribution in [1.82, 2.24) is 19.9 Å². The molecule has 0 N–H and O–H groups in total. The number of thioether (sulfide) groups is 1. The first-order valence-electron chi connectivity index (χ1n) is 10.7.